The molecule has 2 aromatic rings. The topological polar surface area (TPSA) is 12.0 Å². The lowest BCUT2D eigenvalue weighted by atomic mass is 9.92. The lowest BCUT2D eigenvalue weighted by Crippen LogP contribution is -2.19. The highest BCUT2D eigenvalue weighted by molar-refractivity contribution is 9.10. The molecule has 0 heterocycles. The molecule has 0 radical (unpaired) electrons. The van der Waals surface area contributed by atoms with E-state index in [4.69, 9.17) is 0 Å². The maximum Gasteiger partial charge on any atom is 0.124 e. The van der Waals surface area contributed by atoms with Crippen LogP contribution in [-0.4, -0.2) is 13.6 Å². The average molecular weight is 401 g/mol. The summed E-state index contributed by atoms with van der Waals surface area (Å²) < 4.78 is 15.1. The molecule has 1 atom stereocenters. The first-order chi connectivity index (χ1) is 9.60. The van der Waals surface area contributed by atoms with Gasteiger partial charge in [0.05, 0.1) is 0 Å². The maximum absolute atomic E-state index is 13.2. The lowest BCUT2D eigenvalue weighted by molar-refractivity contribution is 0.613. The fourth-order valence-electron chi connectivity index (χ4n) is 2.24. The van der Waals surface area contributed by atoms with Crippen molar-refractivity contribution < 1.29 is 4.39 Å². The Hall–Kier alpha value is -0.710. The van der Waals surface area contributed by atoms with Crippen LogP contribution in [0.2, 0.25) is 0 Å². The molecule has 0 aliphatic carbocycles. The Bertz CT molecular complexity index is 569. The summed E-state index contributed by atoms with van der Waals surface area (Å²) in [5, 5.41) is 3.23. The van der Waals surface area contributed by atoms with Crippen LogP contribution in [0, 0.1) is 5.82 Å². The molecule has 0 aliphatic rings. The van der Waals surface area contributed by atoms with E-state index in [1.165, 1.54) is 17.7 Å². The van der Waals surface area contributed by atoms with Gasteiger partial charge in [-0.2, -0.15) is 0 Å². The zero-order chi connectivity index (χ0) is 14.5. The van der Waals surface area contributed by atoms with E-state index in [1.54, 1.807) is 0 Å². The van der Waals surface area contributed by atoms with Crippen molar-refractivity contribution in [1.82, 2.24) is 5.32 Å². The van der Waals surface area contributed by atoms with Gasteiger partial charge in [0.25, 0.3) is 0 Å². The fraction of sp³-hybridized carbons (Fsp3) is 0.250. The van der Waals surface area contributed by atoms with E-state index in [9.17, 15) is 4.39 Å². The summed E-state index contributed by atoms with van der Waals surface area (Å²) in [5.41, 5.74) is 2.40. The van der Waals surface area contributed by atoms with Crippen LogP contribution in [0.25, 0.3) is 0 Å². The third-order valence-corrected chi connectivity index (χ3v) is 4.54. The second kappa shape index (κ2) is 7.34. The molecule has 0 aliphatic heterocycles. The smallest absolute Gasteiger partial charge is 0.124 e. The van der Waals surface area contributed by atoms with Crippen molar-refractivity contribution in [3.8, 4) is 0 Å². The monoisotopic (exact) mass is 399 g/mol. The summed E-state index contributed by atoms with van der Waals surface area (Å²) in [7, 11) is 1.95. The summed E-state index contributed by atoms with van der Waals surface area (Å²) >= 11 is 6.90. The molecule has 0 saturated carbocycles. The molecule has 0 fully saturated rings. The molecule has 1 N–H and O–H groups in total. The largest absolute Gasteiger partial charge is 0.319 e. The number of hydrogen-bond acceptors (Lipinski definition) is 1. The summed E-state index contributed by atoms with van der Waals surface area (Å²) in [6.07, 6.45) is 0.864. The van der Waals surface area contributed by atoms with Crippen LogP contribution in [-0.2, 0) is 6.42 Å². The number of benzene rings is 2. The number of rotatable bonds is 5. The zero-order valence-corrected chi connectivity index (χ0v) is 14.3. The molecule has 0 saturated heterocycles. The van der Waals surface area contributed by atoms with Crippen LogP contribution in [0.15, 0.2) is 51.4 Å². The molecule has 0 aromatic heterocycles. The molecular weight excluding hydrogens is 385 g/mol. The standard InChI is InChI=1S/C16H16Br2FN/c1-20-10-13(11-2-5-14(17)6-3-11)8-12-4-7-15(19)9-16(12)18/h2-7,9,13,20H,8,10H2,1H3. The first-order valence-corrected chi connectivity index (χ1v) is 8.02. The molecule has 1 unspecified atom stereocenters. The minimum atomic E-state index is -0.213. The van der Waals surface area contributed by atoms with Crippen LogP contribution in [0.1, 0.15) is 17.0 Å². The van der Waals surface area contributed by atoms with E-state index in [0.717, 1.165) is 27.5 Å². The maximum atomic E-state index is 13.2. The highest BCUT2D eigenvalue weighted by Gasteiger charge is 2.13. The van der Waals surface area contributed by atoms with Gasteiger partial charge in [-0.15, -0.1) is 0 Å². The van der Waals surface area contributed by atoms with Gasteiger partial charge in [-0.05, 0) is 48.9 Å². The Morgan fingerprint density at radius 1 is 1.10 bits per heavy atom. The Morgan fingerprint density at radius 3 is 2.40 bits per heavy atom. The second-order valence-electron chi connectivity index (χ2n) is 4.75. The molecule has 0 amide bonds. The molecule has 2 aromatic carbocycles. The highest BCUT2D eigenvalue weighted by atomic mass is 79.9. The van der Waals surface area contributed by atoms with Crippen LogP contribution in [0.5, 0.6) is 0 Å². The number of hydrogen-bond donors (Lipinski definition) is 1. The van der Waals surface area contributed by atoms with Crippen LogP contribution in [0.4, 0.5) is 4.39 Å². The predicted octanol–water partition coefficient (Wildman–Crippen LogP) is 4.90. The van der Waals surface area contributed by atoms with Gasteiger partial charge in [0.2, 0.25) is 0 Å². The van der Waals surface area contributed by atoms with Crippen LogP contribution >= 0.6 is 31.9 Å². The second-order valence-corrected chi connectivity index (χ2v) is 6.52. The normalized spacial score (nSPS) is 12.4. The van der Waals surface area contributed by atoms with Crippen molar-refractivity contribution in [3.63, 3.8) is 0 Å². The van der Waals surface area contributed by atoms with Gasteiger partial charge in [-0.25, -0.2) is 4.39 Å². The van der Waals surface area contributed by atoms with Gasteiger partial charge < -0.3 is 5.32 Å². The molecule has 106 valence electrons. The zero-order valence-electron chi connectivity index (χ0n) is 11.2. The van der Waals surface area contributed by atoms with E-state index in [2.05, 4.69) is 61.4 Å². The van der Waals surface area contributed by atoms with Crippen LogP contribution in [0.3, 0.4) is 0 Å². The van der Waals surface area contributed by atoms with Crippen molar-refractivity contribution in [2.24, 2.45) is 0 Å². The van der Waals surface area contributed by atoms with Crippen molar-refractivity contribution in [1.29, 1.82) is 0 Å². The predicted molar refractivity (Wildman–Crippen MR) is 88.6 cm³/mol. The number of likely N-dealkylation sites (N-methyl/N-ethyl adjacent to an activating group) is 1. The third-order valence-electron chi connectivity index (χ3n) is 3.27. The molecule has 2 rings (SSSR count). The van der Waals surface area contributed by atoms with E-state index in [-0.39, 0.29) is 5.82 Å². The van der Waals surface area contributed by atoms with Crippen molar-refractivity contribution in [3.05, 3.63) is 68.4 Å². The molecule has 1 nitrogen and oxygen atoms in total. The number of halogens is 3. The first-order valence-electron chi connectivity index (χ1n) is 6.44. The van der Waals surface area contributed by atoms with Crippen molar-refractivity contribution in [2.45, 2.75) is 12.3 Å². The number of nitrogens with one attached hydrogen (secondary N) is 1. The first kappa shape index (κ1) is 15.7. The molecule has 20 heavy (non-hydrogen) atoms. The van der Waals surface area contributed by atoms with Gasteiger partial charge in [0, 0.05) is 21.4 Å². The highest BCUT2D eigenvalue weighted by Crippen LogP contribution is 2.26. The fourth-order valence-corrected chi connectivity index (χ4v) is 3.02. The van der Waals surface area contributed by atoms with Crippen LogP contribution < -0.4 is 5.32 Å². The van der Waals surface area contributed by atoms with E-state index in [1.807, 2.05) is 13.1 Å². The Kier molecular flexibility index (Phi) is 5.75. The SMILES string of the molecule is CNCC(Cc1ccc(F)cc1Br)c1ccc(Br)cc1. The van der Waals surface area contributed by atoms with Crippen molar-refractivity contribution >= 4 is 31.9 Å². The van der Waals surface area contributed by atoms with Gasteiger partial charge >= 0.3 is 0 Å². The minimum Gasteiger partial charge on any atom is -0.319 e. The summed E-state index contributed by atoms with van der Waals surface area (Å²) in [5.74, 6) is 0.143. The van der Waals surface area contributed by atoms with Gasteiger partial charge in [-0.3, -0.25) is 0 Å². The van der Waals surface area contributed by atoms with Gasteiger partial charge in [0.1, 0.15) is 5.82 Å². The Labute approximate surface area is 135 Å². The van der Waals surface area contributed by atoms with E-state index >= 15 is 0 Å². The summed E-state index contributed by atoms with van der Waals surface area (Å²) in [6.45, 7) is 0.880. The van der Waals surface area contributed by atoms with Gasteiger partial charge in [-0.1, -0.05) is 50.1 Å². The lowest BCUT2D eigenvalue weighted by Gasteiger charge is -2.18. The molecular formula is C16H16Br2FN. The van der Waals surface area contributed by atoms with E-state index < -0.39 is 0 Å². The molecule has 0 bridgehead atoms. The average Bonchev–Trinajstić information content (AvgIpc) is 2.42. The molecule has 4 heteroatoms. The van der Waals surface area contributed by atoms with E-state index in [0.29, 0.717) is 5.92 Å². The summed E-state index contributed by atoms with van der Waals surface area (Å²) in [4.78, 5) is 0. The van der Waals surface area contributed by atoms with Gasteiger partial charge in [0.15, 0.2) is 0 Å². The third kappa shape index (κ3) is 4.14. The molecule has 0 spiro atoms. The quantitative estimate of drug-likeness (QED) is 0.752. The minimum absolute atomic E-state index is 0.213. The summed E-state index contributed by atoms with van der Waals surface area (Å²) in [6, 6.07) is 13.2. The Morgan fingerprint density at radius 2 is 1.80 bits per heavy atom. The Balaban J connectivity index is 2.22. The van der Waals surface area contributed by atoms with Crippen molar-refractivity contribution in [2.75, 3.05) is 13.6 Å².